The maximum atomic E-state index is 15.1. The Morgan fingerprint density at radius 2 is 1.92 bits per heavy atom. The predicted octanol–water partition coefficient (Wildman–Crippen LogP) is 6.67. The van der Waals surface area contributed by atoms with E-state index in [0.717, 1.165) is 31.0 Å². The second-order valence-electron chi connectivity index (χ2n) is 11.3. The molecule has 1 fully saturated rings. The molecule has 210 valence electrons. The summed E-state index contributed by atoms with van der Waals surface area (Å²) in [4.78, 5) is 8.84. The summed E-state index contributed by atoms with van der Waals surface area (Å²) in [6.45, 7) is 10.2. The van der Waals surface area contributed by atoms with Crippen molar-refractivity contribution in [3.05, 3.63) is 47.2 Å². The van der Waals surface area contributed by atoms with Crippen LogP contribution in [0.1, 0.15) is 12.8 Å². The van der Waals surface area contributed by atoms with Crippen LogP contribution in [0.25, 0.3) is 11.0 Å². The minimum absolute atomic E-state index is 0.0339. The van der Waals surface area contributed by atoms with Gasteiger partial charge in [-0.25, -0.2) is 18.8 Å². The standard InChI is InChI=1S/C27H33ClF2N4O4Si/c1-39(2,3)11-10-36-17-34-14-19(28)23-22(4-7-31-25(23)34)38-24-20(29)12-18(13-21(24)30)33-26-32-15-27(16-37-26)5-8-35-9-6-27/h4,7,12-14H,5-6,8-11,15-17H2,1-3H3,(H,32,33). The second kappa shape index (κ2) is 11.4. The lowest BCUT2D eigenvalue weighted by Gasteiger charge is -2.38. The summed E-state index contributed by atoms with van der Waals surface area (Å²) in [5, 5.41) is 3.65. The Hall–Kier alpha value is -2.73. The van der Waals surface area contributed by atoms with Crippen LogP contribution in [-0.2, 0) is 20.9 Å². The zero-order valence-corrected chi connectivity index (χ0v) is 24.1. The molecule has 12 heteroatoms. The van der Waals surface area contributed by atoms with E-state index in [0.29, 0.717) is 49.0 Å². The largest absolute Gasteiger partial charge is 0.464 e. The fourth-order valence-electron chi connectivity index (χ4n) is 4.56. The van der Waals surface area contributed by atoms with Gasteiger partial charge in [-0.05, 0) is 25.0 Å². The molecular weight excluding hydrogens is 546 g/mol. The zero-order chi connectivity index (χ0) is 27.6. The molecular formula is C27H33ClF2N4O4Si. The van der Waals surface area contributed by atoms with E-state index in [2.05, 4.69) is 34.9 Å². The van der Waals surface area contributed by atoms with Gasteiger partial charge in [0.15, 0.2) is 17.4 Å². The van der Waals surface area contributed by atoms with Crippen molar-refractivity contribution in [3.63, 3.8) is 0 Å². The Labute approximate surface area is 232 Å². The van der Waals surface area contributed by atoms with Crippen LogP contribution in [-0.4, -0.2) is 56.6 Å². The molecule has 1 spiro atoms. The van der Waals surface area contributed by atoms with E-state index in [9.17, 15) is 0 Å². The van der Waals surface area contributed by atoms with Gasteiger partial charge in [-0.2, -0.15) is 0 Å². The van der Waals surface area contributed by atoms with Crippen molar-refractivity contribution in [3.8, 4) is 11.5 Å². The highest BCUT2D eigenvalue weighted by Gasteiger charge is 2.36. The first-order valence-corrected chi connectivity index (χ1v) is 17.1. The minimum atomic E-state index is -1.22. The van der Waals surface area contributed by atoms with Crippen molar-refractivity contribution < 1.29 is 27.7 Å². The Bertz CT molecular complexity index is 1350. The number of hydrogen-bond donors (Lipinski definition) is 1. The summed E-state index contributed by atoms with van der Waals surface area (Å²) in [7, 11) is -1.22. The maximum absolute atomic E-state index is 15.1. The number of nitrogens with one attached hydrogen (secondary N) is 1. The number of hydrogen-bond acceptors (Lipinski definition) is 7. The number of ether oxygens (including phenoxy) is 4. The first kappa shape index (κ1) is 27.8. The van der Waals surface area contributed by atoms with Crippen molar-refractivity contribution in [2.45, 2.75) is 45.3 Å². The van der Waals surface area contributed by atoms with Gasteiger partial charge < -0.3 is 28.8 Å². The molecule has 0 atom stereocenters. The van der Waals surface area contributed by atoms with Crippen LogP contribution in [0.2, 0.25) is 30.7 Å². The van der Waals surface area contributed by atoms with E-state index in [1.165, 1.54) is 12.3 Å². The highest BCUT2D eigenvalue weighted by Crippen LogP contribution is 2.38. The predicted molar refractivity (Wildman–Crippen MR) is 150 cm³/mol. The highest BCUT2D eigenvalue weighted by atomic mass is 35.5. The van der Waals surface area contributed by atoms with Gasteiger partial charge in [0.05, 0.1) is 23.6 Å². The van der Waals surface area contributed by atoms with Gasteiger partial charge in [-0.3, -0.25) is 0 Å². The summed E-state index contributed by atoms with van der Waals surface area (Å²) in [5.74, 6) is -2.13. The van der Waals surface area contributed by atoms with Crippen LogP contribution in [0, 0.1) is 17.0 Å². The fraction of sp³-hybridized carbons (Fsp3) is 0.481. The molecule has 0 bridgehead atoms. The molecule has 2 aromatic heterocycles. The smallest absolute Gasteiger partial charge is 0.289 e. The topological polar surface area (TPSA) is 79.1 Å². The van der Waals surface area contributed by atoms with Crippen LogP contribution >= 0.6 is 11.6 Å². The number of halogens is 3. The summed E-state index contributed by atoms with van der Waals surface area (Å²) in [6, 6.07) is 5.06. The maximum Gasteiger partial charge on any atom is 0.289 e. The lowest BCUT2D eigenvalue weighted by atomic mass is 9.81. The number of pyridine rings is 1. The van der Waals surface area contributed by atoms with E-state index in [1.807, 2.05) is 0 Å². The number of fused-ring (bicyclic) bond motifs is 1. The average molecular weight is 579 g/mol. The summed E-state index contributed by atoms with van der Waals surface area (Å²) < 4.78 is 54.6. The molecule has 0 saturated carbocycles. The third-order valence-electron chi connectivity index (χ3n) is 6.99. The number of amidine groups is 1. The van der Waals surface area contributed by atoms with Crippen molar-refractivity contribution in [2.75, 3.05) is 38.3 Å². The summed E-state index contributed by atoms with van der Waals surface area (Å²) in [5.41, 5.74) is 0.631. The van der Waals surface area contributed by atoms with Gasteiger partial charge in [0.2, 0.25) is 0 Å². The normalized spacial score (nSPS) is 17.2. The monoisotopic (exact) mass is 578 g/mol. The molecule has 0 amide bonds. The molecule has 1 aromatic carbocycles. The molecule has 2 aliphatic heterocycles. The molecule has 0 unspecified atom stereocenters. The van der Waals surface area contributed by atoms with E-state index in [4.69, 9.17) is 30.5 Å². The molecule has 3 aromatic rings. The van der Waals surface area contributed by atoms with Crippen LogP contribution < -0.4 is 10.1 Å². The molecule has 0 radical (unpaired) electrons. The van der Waals surface area contributed by atoms with Crippen LogP contribution in [0.15, 0.2) is 35.6 Å². The third-order valence-corrected chi connectivity index (χ3v) is 8.98. The number of benzene rings is 1. The molecule has 1 N–H and O–H groups in total. The number of nitrogens with zero attached hydrogens (tertiary/aromatic N) is 3. The lowest BCUT2D eigenvalue weighted by Crippen LogP contribution is -2.42. The van der Waals surface area contributed by atoms with Crippen LogP contribution in [0.5, 0.6) is 11.5 Å². The van der Waals surface area contributed by atoms with Crippen LogP contribution in [0.3, 0.4) is 0 Å². The van der Waals surface area contributed by atoms with Gasteiger partial charge in [0.1, 0.15) is 18.1 Å². The first-order chi connectivity index (χ1) is 18.6. The van der Waals surface area contributed by atoms with Gasteiger partial charge in [0, 0.05) is 63.5 Å². The molecule has 2 aliphatic rings. The van der Waals surface area contributed by atoms with Crippen LogP contribution in [0.4, 0.5) is 14.5 Å². The SMILES string of the molecule is C[Si](C)(C)CCOCn1cc(Cl)c2c(Oc3c(F)cc(NC4=NCC5(CCOCC5)CO4)cc3F)ccnc21. The highest BCUT2D eigenvalue weighted by molar-refractivity contribution is 6.76. The van der Waals surface area contributed by atoms with Gasteiger partial charge in [-0.1, -0.05) is 31.2 Å². The fourth-order valence-corrected chi connectivity index (χ4v) is 5.61. The molecule has 8 nitrogen and oxygen atoms in total. The molecule has 5 rings (SSSR count). The molecule has 1 saturated heterocycles. The molecule has 0 aliphatic carbocycles. The Balaban J connectivity index is 1.29. The summed E-state index contributed by atoms with van der Waals surface area (Å²) in [6.07, 6.45) is 4.93. The average Bonchev–Trinajstić information content (AvgIpc) is 3.22. The third kappa shape index (κ3) is 6.54. The minimum Gasteiger partial charge on any atom is -0.464 e. The van der Waals surface area contributed by atoms with E-state index >= 15 is 8.78 Å². The van der Waals surface area contributed by atoms with Gasteiger partial charge >= 0.3 is 0 Å². The second-order valence-corrected chi connectivity index (χ2v) is 17.3. The Morgan fingerprint density at radius 3 is 2.59 bits per heavy atom. The quantitative estimate of drug-likeness (QED) is 0.238. The number of rotatable bonds is 8. The van der Waals surface area contributed by atoms with E-state index in [1.54, 1.807) is 10.8 Å². The van der Waals surface area contributed by atoms with E-state index < -0.39 is 25.5 Å². The number of aromatic nitrogens is 2. The van der Waals surface area contributed by atoms with Crippen molar-refractivity contribution in [2.24, 2.45) is 10.4 Å². The lowest BCUT2D eigenvalue weighted by molar-refractivity contribution is -0.0141. The number of anilines is 1. The number of aliphatic imine (C=N–C) groups is 1. The summed E-state index contributed by atoms with van der Waals surface area (Å²) >= 11 is 6.48. The van der Waals surface area contributed by atoms with Gasteiger partial charge in [0.25, 0.3) is 6.02 Å². The Kier molecular flexibility index (Phi) is 8.13. The van der Waals surface area contributed by atoms with Gasteiger partial charge in [-0.15, -0.1) is 0 Å². The first-order valence-electron chi connectivity index (χ1n) is 13.0. The van der Waals surface area contributed by atoms with E-state index in [-0.39, 0.29) is 29.6 Å². The molecule has 39 heavy (non-hydrogen) atoms. The van der Waals surface area contributed by atoms with Crippen molar-refractivity contribution in [1.82, 2.24) is 9.55 Å². The molecule has 4 heterocycles. The van der Waals surface area contributed by atoms with Crippen molar-refractivity contribution >= 4 is 42.4 Å². The Morgan fingerprint density at radius 1 is 1.18 bits per heavy atom. The van der Waals surface area contributed by atoms with Crippen molar-refractivity contribution in [1.29, 1.82) is 0 Å². The zero-order valence-electron chi connectivity index (χ0n) is 22.4.